The van der Waals surface area contributed by atoms with Crippen LogP contribution in [0.5, 0.6) is 0 Å². The van der Waals surface area contributed by atoms with Gasteiger partial charge in [0.1, 0.15) is 0 Å². The summed E-state index contributed by atoms with van der Waals surface area (Å²) in [6, 6.07) is 23.5. The number of nitrogens with one attached hydrogen (secondary N) is 1. The van der Waals surface area contributed by atoms with Crippen molar-refractivity contribution in [3.8, 4) is 22.4 Å². The van der Waals surface area contributed by atoms with E-state index < -0.39 is 0 Å². The Morgan fingerprint density at radius 1 is 0.769 bits per heavy atom. The number of anilines is 1. The average Bonchev–Trinajstić information content (AvgIpc) is 3.31. The zero-order valence-electron chi connectivity index (χ0n) is 14.8. The van der Waals surface area contributed by atoms with Crippen LogP contribution in [0.3, 0.4) is 0 Å². The zero-order valence-corrected chi connectivity index (χ0v) is 14.8. The van der Waals surface area contributed by atoms with Gasteiger partial charge in [0.25, 0.3) is 0 Å². The SMILES string of the molecule is c1ccc(-c2cccc(-c3ccc(N4CC5CNCC5C4)cn3)c2)cc1. The summed E-state index contributed by atoms with van der Waals surface area (Å²) in [7, 11) is 0. The van der Waals surface area contributed by atoms with Crippen LogP contribution in [0.4, 0.5) is 5.69 Å². The number of fused-ring (bicyclic) bond motifs is 1. The first-order chi connectivity index (χ1) is 12.9. The van der Waals surface area contributed by atoms with Gasteiger partial charge in [0.2, 0.25) is 0 Å². The van der Waals surface area contributed by atoms with E-state index in [9.17, 15) is 0 Å². The first kappa shape index (κ1) is 15.6. The van der Waals surface area contributed by atoms with Crippen molar-refractivity contribution >= 4 is 5.69 Å². The van der Waals surface area contributed by atoms with Crippen LogP contribution in [0.15, 0.2) is 72.9 Å². The third-order valence-electron chi connectivity index (χ3n) is 5.77. The first-order valence-corrected chi connectivity index (χ1v) is 9.44. The molecule has 1 N–H and O–H groups in total. The average molecular weight is 341 g/mol. The molecule has 130 valence electrons. The maximum atomic E-state index is 4.76. The molecule has 3 heterocycles. The molecule has 0 spiro atoms. The molecule has 3 nitrogen and oxygen atoms in total. The van der Waals surface area contributed by atoms with Crippen molar-refractivity contribution in [1.82, 2.24) is 10.3 Å². The number of pyridine rings is 1. The highest BCUT2D eigenvalue weighted by Crippen LogP contribution is 2.31. The molecule has 2 aromatic carbocycles. The van der Waals surface area contributed by atoms with E-state index in [1.54, 1.807) is 0 Å². The van der Waals surface area contributed by atoms with E-state index in [-0.39, 0.29) is 0 Å². The molecule has 1 aromatic heterocycles. The van der Waals surface area contributed by atoms with Gasteiger partial charge in [-0.15, -0.1) is 0 Å². The maximum absolute atomic E-state index is 4.76. The lowest BCUT2D eigenvalue weighted by molar-refractivity contribution is 0.533. The molecular weight excluding hydrogens is 318 g/mol. The molecule has 2 saturated heterocycles. The van der Waals surface area contributed by atoms with Crippen molar-refractivity contribution < 1.29 is 0 Å². The fourth-order valence-corrected chi connectivity index (χ4v) is 4.30. The lowest BCUT2D eigenvalue weighted by Gasteiger charge is -2.19. The second kappa shape index (κ2) is 6.58. The monoisotopic (exact) mass is 341 g/mol. The van der Waals surface area contributed by atoms with E-state index in [2.05, 4.69) is 76.9 Å². The van der Waals surface area contributed by atoms with Gasteiger partial charge in [-0.25, -0.2) is 0 Å². The minimum Gasteiger partial charge on any atom is -0.370 e. The van der Waals surface area contributed by atoms with Gasteiger partial charge in [-0.3, -0.25) is 4.98 Å². The van der Waals surface area contributed by atoms with Gasteiger partial charge in [0.05, 0.1) is 17.6 Å². The second-order valence-corrected chi connectivity index (χ2v) is 7.43. The Balaban J connectivity index is 1.38. The van der Waals surface area contributed by atoms with Crippen molar-refractivity contribution in [3.63, 3.8) is 0 Å². The van der Waals surface area contributed by atoms with Crippen LogP contribution in [-0.2, 0) is 0 Å². The predicted molar refractivity (Wildman–Crippen MR) is 107 cm³/mol. The van der Waals surface area contributed by atoms with Crippen LogP contribution in [-0.4, -0.2) is 31.2 Å². The van der Waals surface area contributed by atoms with Crippen LogP contribution in [0.25, 0.3) is 22.4 Å². The van der Waals surface area contributed by atoms with Crippen LogP contribution >= 0.6 is 0 Å². The maximum Gasteiger partial charge on any atom is 0.0703 e. The number of aromatic nitrogens is 1. The highest BCUT2D eigenvalue weighted by Gasteiger charge is 2.36. The number of rotatable bonds is 3. The summed E-state index contributed by atoms with van der Waals surface area (Å²) in [5.41, 5.74) is 5.92. The fraction of sp³-hybridized carbons (Fsp3) is 0.261. The Morgan fingerprint density at radius 3 is 2.23 bits per heavy atom. The van der Waals surface area contributed by atoms with Crippen LogP contribution in [0, 0.1) is 11.8 Å². The molecule has 2 fully saturated rings. The van der Waals surface area contributed by atoms with E-state index in [4.69, 9.17) is 4.98 Å². The van der Waals surface area contributed by atoms with Crippen molar-refractivity contribution in [1.29, 1.82) is 0 Å². The first-order valence-electron chi connectivity index (χ1n) is 9.44. The predicted octanol–water partition coefficient (Wildman–Crippen LogP) is 4.07. The van der Waals surface area contributed by atoms with E-state index in [1.807, 2.05) is 6.20 Å². The molecule has 0 saturated carbocycles. The van der Waals surface area contributed by atoms with Gasteiger partial charge in [-0.2, -0.15) is 0 Å². The van der Waals surface area contributed by atoms with E-state index in [0.29, 0.717) is 0 Å². The summed E-state index contributed by atoms with van der Waals surface area (Å²) < 4.78 is 0. The van der Waals surface area contributed by atoms with Crippen molar-refractivity contribution in [3.05, 3.63) is 72.9 Å². The molecule has 2 aliphatic heterocycles. The van der Waals surface area contributed by atoms with Gasteiger partial charge < -0.3 is 10.2 Å². The Labute approximate surface area is 154 Å². The minimum atomic E-state index is 0.803. The summed E-state index contributed by atoms with van der Waals surface area (Å²) in [5, 5.41) is 3.50. The van der Waals surface area contributed by atoms with Crippen molar-refractivity contribution in [2.75, 3.05) is 31.1 Å². The normalized spacial score (nSPS) is 21.8. The number of hydrogen-bond donors (Lipinski definition) is 1. The van der Waals surface area contributed by atoms with Crippen LogP contribution in [0.2, 0.25) is 0 Å². The van der Waals surface area contributed by atoms with Gasteiger partial charge in [0.15, 0.2) is 0 Å². The van der Waals surface area contributed by atoms with Gasteiger partial charge in [-0.1, -0.05) is 48.5 Å². The summed E-state index contributed by atoms with van der Waals surface area (Å²) in [5.74, 6) is 1.61. The third kappa shape index (κ3) is 2.89. The molecule has 0 amide bonds. The third-order valence-corrected chi connectivity index (χ3v) is 5.77. The number of nitrogens with zero attached hydrogens (tertiary/aromatic N) is 2. The molecule has 0 radical (unpaired) electrons. The minimum absolute atomic E-state index is 0.803. The van der Waals surface area contributed by atoms with Gasteiger partial charge >= 0.3 is 0 Å². The molecule has 2 unspecified atom stereocenters. The quantitative estimate of drug-likeness (QED) is 0.778. The summed E-state index contributed by atoms with van der Waals surface area (Å²) in [4.78, 5) is 7.26. The molecule has 2 atom stereocenters. The highest BCUT2D eigenvalue weighted by molar-refractivity contribution is 5.71. The Kier molecular flexibility index (Phi) is 3.95. The van der Waals surface area contributed by atoms with E-state index in [0.717, 1.165) is 30.6 Å². The summed E-state index contributed by atoms with van der Waals surface area (Å²) in [6.07, 6.45) is 2.04. The van der Waals surface area contributed by atoms with Crippen molar-refractivity contribution in [2.45, 2.75) is 0 Å². The zero-order chi connectivity index (χ0) is 17.3. The van der Waals surface area contributed by atoms with Crippen molar-refractivity contribution in [2.24, 2.45) is 11.8 Å². The lowest BCUT2D eigenvalue weighted by atomic mass is 10.0. The lowest BCUT2D eigenvalue weighted by Crippen LogP contribution is -2.25. The van der Waals surface area contributed by atoms with E-state index >= 15 is 0 Å². The van der Waals surface area contributed by atoms with Gasteiger partial charge in [-0.05, 0) is 41.2 Å². The molecule has 2 aliphatic rings. The molecule has 5 rings (SSSR count). The molecule has 0 bridgehead atoms. The smallest absolute Gasteiger partial charge is 0.0703 e. The van der Waals surface area contributed by atoms with E-state index in [1.165, 1.54) is 35.5 Å². The standard InChI is InChI=1S/C23H23N3/c1-2-5-17(6-3-1)18-7-4-8-19(11-18)23-10-9-22(14-25-23)26-15-20-12-24-13-21(20)16-26/h1-11,14,20-21,24H,12-13,15-16H2. The molecule has 0 aliphatic carbocycles. The van der Waals surface area contributed by atoms with Crippen LogP contribution < -0.4 is 10.2 Å². The number of benzene rings is 2. The Morgan fingerprint density at radius 2 is 1.50 bits per heavy atom. The Bertz CT molecular complexity index is 877. The molecule has 26 heavy (non-hydrogen) atoms. The topological polar surface area (TPSA) is 28.2 Å². The Hall–Kier alpha value is -2.65. The summed E-state index contributed by atoms with van der Waals surface area (Å²) >= 11 is 0. The molecular formula is C23H23N3. The largest absolute Gasteiger partial charge is 0.370 e. The second-order valence-electron chi connectivity index (χ2n) is 7.43. The van der Waals surface area contributed by atoms with Gasteiger partial charge in [0, 0.05) is 31.7 Å². The highest BCUT2D eigenvalue weighted by atomic mass is 15.2. The fourth-order valence-electron chi connectivity index (χ4n) is 4.30. The summed E-state index contributed by atoms with van der Waals surface area (Å²) in [6.45, 7) is 4.64. The molecule has 3 heteroatoms. The number of hydrogen-bond acceptors (Lipinski definition) is 3. The molecule has 3 aromatic rings. The van der Waals surface area contributed by atoms with Crippen LogP contribution in [0.1, 0.15) is 0 Å².